The maximum Gasteiger partial charge on any atom is 0.316 e. The Balaban J connectivity index is 2.41. The second kappa shape index (κ2) is 5.41. The predicted octanol–water partition coefficient (Wildman–Crippen LogP) is 1.49. The summed E-state index contributed by atoms with van der Waals surface area (Å²) in [6.07, 6.45) is 0.0793. The molecule has 1 saturated heterocycles. The molecule has 1 heterocycles. The second-order valence-corrected chi connectivity index (χ2v) is 4.74. The minimum absolute atomic E-state index is 0.00583. The predicted molar refractivity (Wildman–Crippen MR) is 73.1 cm³/mol. The van der Waals surface area contributed by atoms with Crippen molar-refractivity contribution in [1.82, 2.24) is 0 Å². The third-order valence-corrected chi connectivity index (χ3v) is 3.11. The van der Waals surface area contributed by atoms with E-state index in [1.165, 1.54) is 0 Å². The summed E-state index contributed by atoms with van der Waals surface area (Å²) >= 11 is 0. The molecule has 0 aromatic heterocycles. The lowest BCUT2D eigenvalue weighted by Gasteiger charge is -2.36. The topological polar surface area (TPSA) is 93.7 Å². The van der Waals surface area contributed by atoms with Gasteiger partial charge in [-0.15, -0.1) is 0 Å². The molecule has 0 unspecified atom stereocenters. The van der Waals surface area contributed by atoms with E-state index in [9.17, 15) is 10.1 Å². The van der Waals surface area contributed by atoms with Gasteiger partial charge in [-0.05, 0) is 26.0 Å². The normalized spacial score (nSPS) is 23.2. The first-order chi connectivity index (χ1) is 9.02. The van der Waals surface area contributed by atoms with Crippen LogP contribution < -0.4 is 16.2 Å². The van der Waals surface area contributed by atoms with Crippen LogP contribution in [-0.4, -0.2) is 30.2 Å². The van der Waals surface area contributed by atoms with E-state index < -0.39 is 4.92 Å². The van der Waals surface area contributed by atoms with Crippen molar-refractivity contribution < 1.29 is 9.66 Å². The minimum Gasteiger partial charge on any atom is -0.372 e. The molecule has 1 aromatic rings. The zero-order chi connectivity index (χ0) is 14.0. The Morgan fingerprint density at radius 2 is 2.05 bits per heavy atom. The van der Waals surface area contributed by atoms with E-state index in [2.05, 4.69) is 5.43 Å². The summed E-state index contributed by atoms with van der Waals surface area (Å²) in [4.78, 5) is 12.8. The van der Waals surface area contributed by atoms with Crippen LogP contribution in [0, 0.1) is 10.1 Å². The number of benzene rings is 1. The lowest BCUT2D eigenvalue weighted by molar-refractivity contribution is -0.383. The molecule has 7 heteroatoms. The fourth-order valence-electron chi connectivity index (χ4n) is 2.47. The van der Waals surface area contributed by atoms with Gasteiger partial charge in [0.25, 0.3) is 0 Å². The molecule has 0 saturated carbocycles. The summed E-state index contributed by atoms with van der Waals surface area (Å²) in [6, 6.07) is 5.08. The maximum absolute atomic E-state index is 11.3. The number of ether oxygens (including phenoxy) is 1. The largest absolute Gasteiger partial charge is 0.372 e. The highest BCUT2D eigenvalue weighted by molar-refractivity contribution is 5.76. The monoisotopic (exact) mass is 266 g/mol. The molecule has 0 bridgehead atoms. The summed E-state index contributed by atoms with van der Waals surface area (Å²) in [5, 5.41) is 11.3. The standard InChI is InChI=1S/C12H18N4O3/c1-8-6-15(7-9(2)19-8)11-5-3-4-10(14-13)12(11)16(17)18/h3-5,8-9,14H,6-7,13H2,1-2H3/t8-,9+. The SMILES string of the molecule is C[C@@H]1CN(c2cccc(NN)c2[N+](=O)[O-])C[C@H](C)O1. The Labute approximate surface area is 111 Å². The molecule has 7 nitrogen and oxygen atoms in total. The molecular weight excluding hydrogens is 248 g/mol. The molecule has 0 radical (unpaired) electrons. The lowest BCUT2D eigenvalue weighted by atomic mass is 10.1. The number of nitrogens with two attached hydrogens (primary N) is 1. The van der Waals surface area contributed by atoms with Crippen LogP contribution in [0.3, 0.4) is 0 Å². The molecule has 1 aliphatic heterocycles. The number of hydrazine groups is 1. The number of morpholine rings is 1. The van der Waals surface area contributed by atoms with E-state index in [0.29, 0.717) is 24.5 Å². The van der Waals surface area contributed by atoms with Gasteiger partial charge in [-0.3, -0.25) is 16.0 Å². The van der Waals surface area contributed by atoms with Crippen LogP contribution in [-0.2, 0) is 4.74 Å². The first-order valence-electron chi connectivity index (χ1n) is 6.17. The van der Waals surface area contributed by atoms with E-state index in [-0.39, 0.29) is 17.9 Å². The van der Waals surface area contributed by atoms with E-state index in [1.807, 2.05) is 18.7 Å². The van der Waals surface area contributed by atoms with E-state index in [1.54, 1.807) is 18.2 Å². The Morgan fingerprint density at radius 3 is 2.58 bits per heavy atom. The van der Waals surface area contributed by atoms with Gasteiger partial charge in [0.1, 0.15) is 11.4 Å². The molecular formula is C12H18N4O3. The van der Waals surface area contributed by atoms with Crippen LogP contribution >= 0.6 is 0 Å². The summed E-state index contributed by atoms with van der Waals surface area (Å²) in [5.41, 5.74) is 3.27. The quantitative estimate of drug-likeness (QED) is 0.489. The molecule has 1 aliphatic rings. The number of hydrogen-bond acceptors (Lipinski definition) is 6. The van der Waals surface area contributed by atoms with E-state index in [4.69, 9.17) is 10.6 Å². The third kappa shape index (κ3) is 2.77. The maximum atomic E-state index is 11.3. The van der Waals surface area contributed by atoms with Gasteiger partial charge in [0.15, 0.2) is 0 Å². The van der Waals surface area contributed by atoms with Crippen molar-refractivity contribution in [3.05, 3.63) is 28.3 Å². The van der Waals surface area contributed by atoms with Crippen LogP contribution in [0.1, 0.15) is 13.8 Å². The number of nitrogen functional groups attached to an aromatic ring is 1. The zero-order valence-corrected chi connectivity index (χ0v) is 11.0. The van der Waals surface area contributed by atoms with Gasteiger partial charge in [0, 0.05) is 13.1 Å². The number of hydrogen-bond donors (Lipinski definition) is 2. The number of rotatable bonds is 3. The van der Waals surface area contributed by atoms with Crippen molar-refractivity contribution in [3.8, 4) is 0 Å². The number of para-hydroxylation sites is 1. The van der Waals surface area contributed by atoms with Crippen molar-refractivity contribution in [1.29, 1.82) is 0 Å². The van der Waals surface area contributed by atoms with Crippen LogP contribution in [0.2, 0.25) is 0 Å². The molecule has 3 N–H and O–H groups in total. The van der Waals surface area contributed by atoms with Gasteiger partial charge in [-0.2, -0.15) is 0 Å². The zero-order valence-electron chi connectivity index (χ0n) is 11.0. The highest BCUT2D eigenvalue weighted by Gasteiger charge is 2.29. The van der Waals surface area contributed by atoms with Crippen LogP contribution in [0.5, 0.6) is 0 Å². The number of nitrogens with one attached hydrogen (secondary N) is 1. The van der Waals surface area contributed by atoms with Crippen molar-refractivity contribution in [3.63, 3.8) is 0 Å². The first-order valence-corrected chi connectivity index (χ1v) is 6.17. The Bertz CT molecular complexity index is 470. The summed E-state index contributed by atoms with van der Waals surface area (Å²) < 4.78 is 5.64. The average molecular weight is 266 g/mol. The van der Waals surface area contributed by atoms with Crippen molar-refractivity contribution >= 4 is 17.1 Å². The number of nitro groups is 1. The van der Waals surface area contributed by atoms with E-state index >= 15 is 0 Å². The van der Waals surface area contributed by atoms with Crippen molar-refractivity contribution in [2.24, 2.45) is 5.84 Å². The molecule has 2 atom stereocenters. The van der Waals surface area contributed by atoms with Gasteiger partial charge in [-0.25, -0.2) is 0 Å². The number of nitro benzene ring substituents is 1. The highest BCUT2D eigenvalue weighted by atomic mass is 16.6. The summed E-state index contributed by atoms with van der Waals surface area (Å²) in [7, 11) is 0. The van der Waals surface area contributed by atoms with Crippen LogP contribution in [0.15, 0.2) is 18.2 Å². The first kappa shape index (κ1) is 13.6. The fraction of sp³-hybridized carbons (Fsp3) is 0.500. The van der Waals surface area contributed by atoms with Gasteiger partial charge >= 0.3 is 5.69 Å². The van der Waals surface area contributed by atoms with E-state index in [0.717, 1.165) is 0 Å². The lowest BCUT2D eigenvalue weighted by Crippen LogP contribution is -2.45. The van der Waals surface area contributed by atoms with Crippen molar-refractivity contribution in [2.75, 3.05) is 23.4 Å². The molecule has 19 heavy (non-hydrogen) atoms. The molecule has 0 aliphatic carbocycles. The summed E-state index contributed by atoms with van der Waals surface area (Å²) in [6.45, 7) is 5.16. The highest BCUT2D eigenvalue weighted by Crippen LogP contribution is 2.36. The average Bonchev–Trinajstić information content (AvgIpc) is 2.36. The molecule has 0 spiro atoms. The Hall–Kier alpha value is -1.86. The third-order valence-electron chi connectivity index (χ3n) is 3.11. The minimum atomic E-state index is -0.407. The number of anilines is 2. The molecule has 104 valence electrons. The van der Waals surface area contributed by atoms with Crippen LogP contribution in [0.25, 0.3) is 0 Å². The molecule has 1 fully saturated rings. The van der Waals surface area contributed by atoms with Crippen LogP contribution in [0.4, 0.5) is 17.1 Å². The Kier molecular flexibility index (Phi) is 3.87. The molecule has 0 amide bonds. The van der Waals surface area contributed by atoms with Gasteiger partial charge in [0.05, 0.1) is 17.1 Å². The Morgan fingerprint density at radius 1 is 1.42 bits per heavy atom. The summed E-state index contributed by atoms with van der Waals surface area (Å²) in [5.74, 6) is 5.34. The van der Waals surface area contributed by atoms with Gasteiger partial charge in [-0.1, -0.05) is 6.07 Å². The fourth-order valence-corrected chi connectivity index (χ4v) is 2.47. The second-order valence-electron chi connectivity index (χ2n) is 4.74. The smallest absolute Gasteiger partial charge is 0.316 e. The van der Waals surface area contributed by atoms with Gasteiger partial charge in [0.2, 0.25) is 0 Å². The molecule has 1 aromatic carbocycles. The van der Waals surface area contributed by atoms with Gasteiger partial charge < -0.3 is 15.1 Å². The number of nitrogens with zero attached hydrogens (tertiary/aromatic N) is 2. The van der Waals surface area contributed by atoms with Crippen molar-refractivity contribution in [2.45, 2.75) is 26.1 Å². The molecule has 2 rings (SSSR count).